The molecule has 3 unspecified atom stereocenters. The zero-order valence-corrected chi connectivity index (χ0v) is 13.5. The Hall–Kier alpha value is -0.270. The van der Waals surface area contributed by atoms with Crippen molar-refractivity contribution < 1.29 is 0 Å². The fourth-order valence-electron chi connectivity index (χ4n) is 2.48. The first kappa shape index (κ1) is 15.1. The Balaban J connectivity index is 2.05. The maximum absolute atomic E-state index is 4.32. The van der Waals surface area contributed by atoms with Crippen LogP contribution in [0.4, 0.5) is 0 Å². The Morgan fingerprint density at radius 3 is 2.79 bits per heavy atom. The van der Waals surface area contributed by atoms with Crippen molar-refractivity contribution in [3.63, 3.8) is 0 Å². The normalized spacial score (nSPS) is 25.4. The molecular weight excluding hydrogens is 278 g/mol. The van der Waals surface area contributed by atoms with E-state index < -0.39 is 0 Å². The minimum absolute atomic E-state index is 0.442. The van der Waals surface area contributed by atoms with E-state index in [4.69, 9.17) is 0 Å². The molecule has 2 heterocycles. The van der Waals surface area contributed by atoms with Crippen molar-refractivity contribution in [2.45, 2.75) is 43.2 Å². The summed E-state index contributed by atoms with van der Waals surface area (Å²) in [6.45, 7) is 5.45. The van der Waals surface area contributed by atoms with Gasteiger partial charge in [-0.15, -0.1) is 10.2 Å². The van der Waals surface area contributed by atoms with Crippen LogP contribution in [0.25, 0.3) is 0 Å². The van der Waals surface area contributed by atoms with Crippen molar-refractivity contribution in [3.8, 4) is 0 Å². The van der Waals surface area contributed by atoms with E-state index in [1.165, 1.54) is 17.9 Å². The SMILES string of the molecule is CCNC(Cc1nnn(C)n1)C1SCCSC1CC. The summed E-state index contributed by atoms with van der Waals surface area (Å²) < 4.78 is 0. The number of nitrogens with zero attached hydrogens (tertiary/aromatic N) is 4. The van der Waals surface area contributed by atoms with Crippen LogP contribution >= 0.6 is 23.5 Å². The van der Waals surface area contributed by atoms with E-state index in [-0.39, 0.29) is 0 Å². The molecule has 1 aromatic rings. The van der Waals surface area contributed by atoms with Crippen molar-refractivity contribution >= 4 is 23.5 Å². The zero-order chi connectivity index (χ0) is 13.7. The third kappa shape index (κ3) is 4.10. The van der Waals surface area contributed by atoms with Gasteiger partial charge in [-0.25, -0.2) is 0 Å². The lowest BCUT2D eigenvalue weighted by atomic mass is 10.1. The topological polar surface area (TPSA) is 55.6 Å². The summed E-state index contributed by atoms with van der Waals surface area (Å²) in [4.78, 5) is 1.54. The Morgan fingerprint density at radius 2 is 2.16 bits per heavy atom. The van der Waals surface area contributed by atoms with E-state index >= 15 is 0 Å². The summed E-state index contributed by atoms with van der Waals surface area (Å²) in [5.74, 6) is 3.38. The van der Waals surface area contributed by atoms with Crippen molar-refractivity contribution in [1.29, 1.82) is 0 Å². The molecule has 3 atom stereocenters. The summed E-state index contributed by atoms with van der Waals surface area (Å²) >= 11 is 4.22. The molecule has 108 valence electrons. The summed E-state index contributed by atoms with van der Waals surface area (Å²) in [5, 5.41) is 17.4. The number of hydrogen-bond acceptors (Lipinski definition) is 6. The molecule has 0 aromatic carbocycles. The van der Waals surface area contributed by atoms with Crippen molar-refractivity contribution in [2.75, 3.05) is 18.1 Å². The lowest BCUT2D eigenvalue weighted by molar-refractivity contribution is 0.480. The molecule has 5 nitrogen and oxygen atoms in total. The van der Waals surface area contributed by atoms with Crippen LogP contribution in [0.1, 0.15) is 26.1 Å². The van der Waals surface area contributed by atoms with Crippen LogP contribution in [0.2, 0.25) is 0 Å². The number of aromatic nitrogens is 4. The molecule has 1 aliphatic heterocycles. The highest BCUT2D eigenvalue weighted by Gasteiger charge is 2.32. The van der Waals surface area contributed by atoms with Crippen LogP contribution in [-0.2, 0) is 13.5 Å². The second-order valence-corrected chi connectivity index (χ2v) is 7.35. The van der Waals surface area contributed by atoms with E-state index in [0.29, 0.717) is 11.3 Å². The standard InChI is InChI=1S/C12H23N5S2/c1-4-10-12(19-7-6-18-10)9(13-5-2)8-11-14-16-17(3)15-11/h9-10,12-13H,4-8H2,1-3H3. The molecule has 1 aromatic heterocycles. The molecule has 1 saturated heterocycles. The maximum atomic E-state index is 4.32. The zero-order valence-electron chi connectivity index (χ0n) is 11.9. The van der Waals surface area contributed by atoms with Gasteiger partial charge in [0.15, 0.2) is 5.82 Å². The third-order valence-corrected chi connectivity index (χ3v) is 6.72. The van der Waals surface area contributed by atoms with E-state index in [9.17, 15) is 0 Å². The van der Waals surface area contributed by atoms with Crippen LogP contribution in [-0.4, -0.2) is 54.8 Å². The highest BCUT2D eigenvalue weighted by Crippen LogP contribution is 2.35. The molecular formula is C12H23N5S2. The van der Waals surface area contributed by atoms with Crippen LogP contribution in [0.5, 0.6) is 0 Å². The molecule has 7 heteroatoms. The highest BCUT2D eigenvalue weighted by molar-refractivity contribution is 8.07. The summed E-state index contributed by atoms with van der Waals surface area (Å²) in [7, 11) is 1.82. The van der Waals surface area contributed by atoms with Crippen LogP contribution in [0, 0.1) is 0 Å². The average Bonchev–Trinajstić information content (AvgIpc) is 2.84. The molecule has 0 aliphatic carbocycles. The summed E-state index contributed by atoms with van der Waals surface area (Å²) in [5.41, 5.74) is 0. The van der Waals surface area contributed by atoms with Crippen molar-refractivity contribution in [2.24, 2.45) is 7.05 Å². The third-order valence-electron chi connectivity index (χ3n) is 3.31. The molecule has 0 saturated carbocycles. The van der Waals surface area contributed by atoms with E-state index in [0.717, 1.165) is 24.0 Å². The number of aryl methyl sites for hydroxylation is 1. The smallest absolute Gasteiger partial charge is 0.176 e. The van der Waals surface area contributed by atoms with Gasteiger partial charge in [0.25, 0.3) is 0 Å². The molecule has 0 radical (unpaired) electrons. The highest BCUT2D eigenvalue weighted by atomic mass is 32.2. The van der Waals surface area contributed by atoms with Gasteiger partial charge >= 0.3 is 0 Å². The summed E-state index contributed by atoms with van der Waals surface area (Å²) in [6.07, 6.45) is 2.11. The van der Waals surface area contributed by atoms with Gasteiger partial charge in [-0.2, -0.15) is 28.3 Å². The fourth-order valence-corrected chi connectivity index (χ4v) is 5.74. The summed E-state index contributed by atoms with van der Waals surface area (Å²) in [6, 6.07) is 0.442. The monoisotopic (exact) mass is 301 g/mol. The molecule has 2 rings (SSSR count). The predicted octanol–water partition coefficient (Wildman–Crippen LogP) is 1.36. The molecule has 1 aliphatic rings. The number of nitrogens with one attached hydrogen (secondary N) is 1. The molecule has 0 amide bonds. The van der Waals surface area contributed by atoms with Gasteiger partial charge in [-0.05, 0) is 18.2 Å². The molecule has 0 bridgehead atoms. The lowest BCUT2D eigenvalue weighted by Gasteiger charge is -2.35. The first-order valence-corrected chi connectivity index (χ1v) is 9.03. The Kier molecular flexibility index (Phi) is 5.97. The number of likely N-dealkylation sites (N-methyl/N-ethyl adjacent to an activating group) is 1. The van der Waals surface area contributed by atoms with E-state index in [2.05, 4.69) is 58.1 Å². The second kappa shape index (κ2) is 7.50. The van der Waals surface area contributed by atoms with Gasteiger partial charge in [-0.1, -0.05) is 13.8 Å². The largest absolute Gasteiger partial charge is 0.313 e. The van der Waals surface area contributed by atoms with E-state index in [1.807, 2.05) is 7.05 Å². The molecule has 19 heavy (non-hydrogen) atoms. The number of rotatable bonds is 6. The first-order valence-electron chi connectivity index (χ1n) is 6.94. The quantitative estimate of drug-likeness (QED) is 0.856. The van der Waals surface area contributed by atoms with Gasteiger partial charge in [0.1, 0.15) is 0 Å². The maximum Gasteiger partial charge on any atom is 0.176 e. The minimum Gasteiger partial charge on any atom is -0.313 e. The number of tetrazole rings is 1. The van der Waals surface area contributed by atoms with Gasteiger partial charge in [0, 0.05) is 34.5 Å². The van der Waals surface area contributed by atoms with Crippen molar-refractivity contribution in [3.05, 3.63) is 5.82 Å². The lowest BCUT2D eigenvalue weighted by Crippen LogP contribution is -2.46. The number of thioether (sulfide) groups is 2. The van der Waals surface area contributed by atoms with Gasteiger partial charge in [-0.3, -0.25) is 0 Å². The van der Waals surface area contributed by atoms with Gasteiger partial charge in [0.05, 0.1) is 7.05 Å². The Labute approximate surface area is 123 Å². The van der Waals surface area contributed by atoms with E-state index in [1.54, 1.807) is 4.80 Å². The second-order valence-electron chi connectivity index (χ2n) is 4.72. The van der Waals surface area contributed by atoms with Crippen LogP contribution in [0.3, 0.4) is 0 Å². The van der Waals surface area contributed by atoms with Crippen LogP contribution < -0.4 is 5.32 Å². The average molecular weight is 301 g/mol. The van der Waals surface area contributed by atoms with Gasteiger partial charge in [0.2, 0.25) is 0 Å². The molecule has 1 N–H and O–H groups in total. The number of hydrogen-bond donors (Lipinski definition) is 1. The molecule has 0 spiro atoms. The van der Waals surface area contributed by atoms with Gasteiger partial charge < -0.3 is 5.32 Å². The minimum atomic E-state index is 0.442. The molecule has 1 fully saturated rings. The fraction of sp³-hybridized carbons (Fsp3) is 0.917. The van der Waals surface area contributed by atoms with Crippen LogP contribution in [0.15, 0.2) is 0 Å². The predicted molar refractivity (Wildman–Crippen MR) is 82.7 cm³/mol. The Morgan fingerprint density at radius 1 is 1.37 bits per heavy atom. The van der Waals surface area contributed by atoms with Crippen molar-refractivity contribution in [1.82, 2.24) is 25.5 Å². The first-order chi connectivity index (χ1) is 9.24. The Bertz CT molecular complexity index is 384.